The van der Waals surface area contributed by atoms with Gasteiger partial charge in [-0.25, -0.2) is 0 Å². The molecule has 4 aromatic carbocycles. The van der Waals surface area contributed by atoms with Gasteiger partial charge in [-0.1, -0.05) is 66.7 Å². The van der Waals surface area contributed by atoms with Crippen molar-refractivity contribution in [2.75, 3.05) is 30.1 Å². The second-order valence-corrected chi connectivity index (χ2v) is 20.1. The smallest absolute Gasteiger partial charge is 0.305 e. The molecule has 1 unspecified atom stereocenters. The van der Waals surface area contributed by atoms with Gasteiger partial charge in [-0.3, -0.25) is 24.0 Å². The molecular formula is C45H49N5O8Si. The average Bonchev–Trinajstić information content (AvgIpc) is 3.86. The van der Waals surface area contributed by atoms with Crippen molar-refractivity contribution in [2.45, 2.75) is 75.4 Å². The van der Waals surface area contributed by atoms with Gasteiger partial charge in [0.25, 0.3) is 11.8 Å². The van der Waals surface area contributed by atoms with E-state index in [0.717, 1.165) is 5.56 Å². The van der Waals surface area contributed by atoms with E-state index in [4.69, 9.17) is 14.2 Å². The van der Waals surface area contributed by atoms with Crippen LogP contribution in [0.1, 0.15) is 65.7 Å². The Morgan fingerprint density at radius 2 is 1.66 bits per heavy atom. The highest BCUT2D eigenvalue weighted by atomic mass is 28.4. The summed E-state index contributed by atoms with van der Waals surface area (Å²) in [4.78, 5) is 57.0. The number of aliphatic hydroxyl groups excluding tert-OH is 1. The zero-order valence-corrected chi connectivity index (χ0v) is 34.7. The first kappa shape index (κ1) is 40.1. The van der Waals surface area contributed by atoms with Crippen LogP contribution in [0.4, 0.5) is 17.1 Å². The number of benzene rings is 4. The number of hydrogen-bond donors (Lipinski definition) is 2. The highest BCUT2D eigenvalue weighted by Crippen LogP contribution is 2.60. The summed E-state index contributed by atoms with van der Waals surface area (Å²) < 4.78 is 20.0. The summed E-state index contributed by atoms with van der Waals surface area (Å²) in [6.07, 6.45) is 3.01. The van der Waals surface area contributed by atoms with E-state index in [1.54, 1.807) is 32.7 Å². The molecule has 5 aromatic rings. The standard InChI is InChI=1S/C45H49N5O8Si/c1-29-42(59(3,4)55)40(23-25-48-27-35(46-47-48)33(28-51)30-14-6-5-7-15-30)58-45(29)34-26-31(21-22-36(34)49(44(45)54)24-13-12-20-41(52)56-2)50-37-17-9-11-19-39(37)57-38-18-10-8-16-32(38)43(50)53/h5-11,14-19,21-22,26-27,29,33,40,42,51,55H,12-13,20,23-25,28H2,1-4H3/t29-,33?,40+,42-,45+/m1/s1. The maximum atomic E-state index is 15.2. The van der Waals surface area contributed by atoms with Crippen molar-refractivity contribution in [3.05, 3.63) is 126 Å². The zero-order valence-electron chi connectivity index (χ0n) is 33.7. The molecule has 1 saturated heterocycles. The van der Waals surface area contributed by atoms with Gasteiger partial charge in [0.2, 0.25) is 0 Å². The van der Waals surface area contributed by atoms with Gasteiger partial charge in [0.05, 0.1) is 48.4 Å². The quantitative estimate of drug-likeness (QED) is 0.0717. The van der Waals surface area contributed by atoms with E-state index in [0.29, 0.717) is 77.7 Å². The van der Waals surface area contributed by atoms with E-state index in [1.807, 2.05) is 105 Å². The Morgan fingerprint density at radius 3 is 2.41 bits per heavy atom. The number of amides is 2. The summed E-state index contributed by atoms with van der Waals surface area (Å²) in [5, 5.41) is 19.1. The molecular weight excluding hydrogens is 767 g/mol. The number of rotatable bonds is 13. The Morgan fingerprint density at radius 1 is 0.932 bits per heavy atom. The largest absolute Gasteiger partial charge is 0.469 e. The van der Waals surface area contributed by atoms with Crippen LogP contribution in [0.15, 0.2) is 103 Å². The number of unbranched alkanes of at least 4 members (excludes halogenated alkanes) is 1. The molecule has 2 N–H and O–H groups in total. The van der Waals surface area contributed by atoms with Gasteiger partial charge < -0.3 is 29.0 Å². The lowest BCUT2D eigenvalue weighted by Gasteiger charge is -2.32. The minimum atomic E-state index is -3.02. The van der Waals surface area contributed by atoms with Gasteiger partial charge in [0, 0.05) is 48.4 Å². The van der Waals surface area contributed by atoms with Crippen LogP contribution < -0.4 is 14.5 Å². The van der Waals surface area contributed by atoms with Crippen LogP contribution in [0, 0.1) is 5.92 Å². The van der Waals surface area contributed by atoms with E-state index in [2.05, 4.69) is 10.3 Å². The SMILES string of the molecule is COC(=O)CCCCN1C(=O)[C@@]2(O[C@@H](CCn3cc(C(CO)c4ccccc4)nn3)[C@H]([Si](C)(C)O)[C@H]2C)c2cc(N3C(=O)c4ccccc4Oc4ccccc43)ccc21. The number of aryl methyl sites for hydroxylation is 1. The van der Waals surface area contributed by atoms with Crippen molar-refractivity contribution in [1.82, 2.24) is 15.0 Å². The second-order valence-electron chi connectivity index (χ2n) is 16.1. The number of hydrogen-bond acceptors (Lipinski definition) is 10. The average molecular weight is 816 g/mol. The highest BCUT2D eigenvalue weighted by Gasteiger charge is 2.66. The summed E-state index contributed by atoms with van der Waals surface area (Å²) in [5.41, 5.74) is 2.47. The van der Waals surface area contributed by atoms with Crippen LogP contribution >= 0.6 is 0 Å². The number of methoxy groups -OCH3 is 1. The topological polar surface area (TPSA) is 157 Å². The molecule has 13 nitrogen and oxygen atoms in total. The third kappa shape index (κ3) is 7.24. The van der Waals surface area contributed by atoms with E-state index < -0.39 is 25.9 Å². The second kappa shape index (κ2) is 16.2. The van der Waals surface area contributed by atoms with Crippen molar-refractivity contribution >= 4 is 43.2 Å². The maximum absolute atomic E-state index is 15.2. The fourth-order valence-corrected chi connectivity index (χ4v) is 11.9. The molecule has 3 aliphatic heterocycles. The molecule has 1 fully saturated rings. The van der Waals surface area contributed by atoms with Crippen LogP contribution in [0.3, 0.4) is 0 Å². The Labute approximate surface area is 344 Å². The fraction of sp³-hybridized carbons (Fsp3) is 0.356. The monoisotopic (exact) mass is 815 g/mol. The number of nitrogens with zero attached hydrogens (tertiary/aromatic N) is 5. The van der Waals surface area contributed by atoms with Crippen molar-refractivity contribution < 1.29 is 38.5 Å². The molecule has 306 valence electrons. The Hall–Kier alpha value is -5.67. The molecule has 4 heterocycles. The van der Waals surface area contributed by atoms with E-state index in [-0.39, 0.29) is 42.3 Å². The third-order valence-electron chi connectivity index (χ3n) is 12.1. The Balaban J connectivity index is 1.17. The number of carbonyl (C=O) groups excluding carboxylic acids is 3. The summed E-state index contributed by atoms with van der Waals surface area (Å²) >= 11 is 0. The molecule has 1 spiro atoms. The molecule has 3 aliphatic rings. The van der Waals surface area contributed by atoms with Crippen molar-refractivity contribution in [2.24, 2.45) is 5.92 Å². The molecule has 8 rings (SSSR count). The number of carbonyl (C=O) groups is 3. The molecule has 59 heavy (non-hydrogen) atoms. The number of aliphatic hydroxyl groups is 1. The number of fused-ring (bicyclic) bond motifs is 4. The molecule has 14 heteroatoms. The van der Waals surface area contributed by atoms with Crippen molar-refractivity contribution in [3.8, 4) is 11.5 Å². The van der Waals surface area contributed by atoms with E-state index in [1.165, 1.54) is 7.11 Å². The zero-order chi connectivity index (χ0) is 41.5. The van der Waals surface area contributed by atoms with Gasteiger partial charge in [0.15, 0.2) is 19.7 Å². The molecule has 1 aromatic heterocycles. The van der Waals surface area contributed by atoms with E-state index in [9.17, 15) is 19.5 Å². The molecule has 5 atom stereocenters. The van der Waals surface area contributed by atoms with Crippen LogP contribution in [0.25, 0.3) is 0 Å². The van der Waals surface area contributed by atoms with Gasteiger partial charge in [-0.15, -0.1) is 5.10 Å². The predicted molar refractivity (Wildman–Crippen MR) is 223 cm³/mol. The highest BCUT2D eigenvalue weighted by molar-refractivity contribution is 6.71. The van der Waals surface area contributed by atoms with Crippen molar-refractivity contribution in [3.63, 3.8) is 0 Å². The normalized spacial score (nSPS) is 21.5. The summed E-state index contributed by atoms with van der Waals surface area (Å²) in [6.45, 7) is 6.35. The first-order chi connectivity index (χ1) is 28.5. The number of anilines is 3. The number of aromatic nitrogens is 3. The molecule has 0 radical (unpaired) electrons. The fourth-order valence-electron chi connectivity index (χ4n) is 9.30. The first-order valence-electron chi connectivity index (χ1n) is 20.2. The Kier molecular flexibility index (Phi) is 11.0. The Bertz CT molecular complexity index is 2370. The molecule has 2 amide bonds. The number of ether oxygens (including phenoxy) is 3. The third-order valence-corrected chi connectivity index (χ3v) is 14.6. The summed E-state index contributed by atoms with van der Waals surface area (Å²) in [6, 6.07) is 29.7. The molecule has 0 saturated carbocycles. The first-order valence-corrected chi connectivity index (χ1v) is 23.2. The molecule has 0 aliphatic carbocycles. The maximum Gasteiger partial charge on any atom is 0.305 e. The number of para-hydroxylation sites is 3. The minimum absolute atomic E-state index is 0.127. The lowest BCUT2D eigenvalue weighted by molar-refractivity contribution is -0.146. The van der Waals surface area contributed by atoms with Crippen LogP contribution in [-0.2, 0) is 31.2 Å². The lowest BCUT2D eigenvalue weighted by atomic mass is 9.82. The summed E-state index contributed by atoms with van der Waals surface area (Å²) in [5.74, 6) is -0.685. The molecule has 0 bridgehead atoms. The predicted octanol–water partition coefficient (Wildman–Crippen LogP) is 7.06. The lowest BCUT2D eigenvalue weighted by Crippen LogP contribution is -2.46. The number of esters is 1. The van der Waals surface area contributed by atoms with Gasteiger partial charge in [0.1, 0.15) is 5.75 Å². The van der Waals surface area contributed by atoms with Crippen LogP contribution in [0.2, 0.25) is 18.6 Å². The van der Waals surface area contributed by atoms with Crippen molar-refractivity contribution in [1.29, 1.82) is 0 Å². The minimum Gasteiger partial charge on any atom is -0.469 e. The summed E-state index contributed by atoms with van der Waals surface area (Å²) in [7, 11) is -1.66. The van der Waals surface area contributed by atoms with Gasteiger partial charge in [-0.2, -0.15) is 0 Å². The van der Waals surface area contributed by atoms with Gasteiger partial charge in [-0.05, 0) is 80.4 Å². The van der Waals surface area contributed by atoms with E-state index >= 15 is 4.79 Å². The van der Waals surface area contributed by atoms with Crippen LogP contribution in [-0.4, -0.2) is 77.4 Å². The van der Waals surface area contributed by atoms with Crippen LogP contribution in [0.5, 0.6) is 11.5 Å². The van der Waals surface area contributed by atoms with Gasteiger partial charge >= 0.3 is 5.97 Å².